The van der Waals surface area contributed by atoms with Gasteiger partial charge in [-0.25, -0.2) is 4.79 Å². The molecule has 0 aromatic heterocycles. The summed E-state index contributed by atoms with van der Waals surface area (Å²) >= 11 is 0. The van der Waals surface area contributed by atoms with Crippen LogP contribution in [-0.2, 0) is 23.9 Å². The molecule has 8 nitrogen and oxygen atoms in total. The van der Waals surface area contributed by atoms with E-state index in [1.54, 1.807) is 39.8 Å². The Morgan fingerprint density at radius 3 is 2.04 bits per heavy atom. The molecular formula is C19H25NO7. The quantitative estimate of drug-likeness (QED) is 0.626. The van der Waals surface area contributed by atoms with Gasteiger partial charge in [-0.1, -0.05) is 17.2 Å². The molecule has 0 unspecified atom stereocenters. The predicted molar refractivity (Wildman–Crippen MR) is 96.2 cm³/mol. The van der Waals surface area contributed by atoms with E-state index in [4.69, 9.17) is 9.47 Å². The van der Waals surface area contributed by atoms with Gasteiger partial charge in [0.1, 0.15) is 6.04 Å². The number of amides is 1. The maximum atomic E-state index is 12.5. The highest BCUT2D eigenvalue weighted by Gasteiger charge is 2.38. The molecule has 148 valence electrons. The molecule has 27 heavy (non-hydrogen) atoms. The number of carboxylic acids is 1. The zero-order valence-electron chi connectivity index (χ0n) is 15.9. The Hall–Kier alpha value is -2.90. The minimum absolute atomic E-state index is 0.00944. The van der Waals surface area contributed by atoms with Crippen LogP contribution in [-0.4, -0.2) is 48.2 Å². The molecule has 2 N–H and O–H groups in total. The lowest BCUT2D eigenvalue weighted by atomic mass is 9.95. The smallest absolute Gasteiger partial charge is 0.327 e. The fourth-order valence-electron chi connectivity index (χ4n) is 2.65. The van der Waals surface area contributed by atoms with E-state index in [1.807, 2.05) is 6.07 Å². The average Bonchev–Trinajstić information content (AvgIpc) is 2.57. The SMILES string of the molecule is CCOC(=O)C[C@H](C(=O)OCC)[C@@H](NC(=O)c1cc(C)cc(C)c1)C(=O)O. The molecule has 0 aliphatic heterocycles. The third kappa shape index (κ3) is 6.73. The zero-order chi connectivity index (χ0) is 20.6. The van der Waals surface area contributed by atoms with Gasteiger partial charge in [0.05, 0.1) is 25.6 Å². The Bertz CT molecular complexity index is 694. The first-order chi connectivity index (χ1) is 12.7. The first-order valence-corrected chi connectivity index (χ1v) is 8.63. The van der Waals surface area contributed by atoms with Crippen molar-refractivity contribution in [3.63, 3.8) is 0 Å². The molecule has 0 bridgehead atoms. The Kier molecular flexibility index (Phi) is 8.44. The van der Waals surface area contributed by atoms with Crippen LogP contribution in [0.1, 0.15) is 41.8 Å². The van der Waals surface area contributed by atoms with Crippen LogP contribution in [0.5, 0.6) is 0 Å². The summed E-state index contributed by atoms with van der Waals surface area (Å²) in [7, 11) is 0. The van der Waals surface area contributed by atoms with Gasteiger partial charge in [0.15, 0.2) is 0 Å². The number of nitrogens with one attached hydrogen (secondary N) is 1. The third-order valence-electron chi connectivity index (χ3n) is 3.72. The van der Waals surface area contributed by atoms with Crippen LogP contribution < -0.4 is 5.32 Å². The molecule has 0 radical (unpaired) electrons. The molecule has 0 spiro atoms. The number of rotatable bonds is 9. The number of ether oxygens (including phenoxy) is 2. The van der Waals surface area contributed by atoms with Crippen molar-refractivity contribution < 1.29 is 33.8 Å². The van der Waals surface area contributed by atoms with E-state index in [2.05, 4.69) is 5.32 Å². The minimum atomic E-state index is -1.64. The van der Waals surface area contributed by atoms with E-state index < -0.39 is 42.2 Å². The summed E-state index contributed by atoms with van der Waals surface area (Å²) < 4.78 is 9.68. The van der Waals surface area contributed by atoms with Crippen LogP contribution in [0, 0.1) is 19.8 Å². The summed E-state index contributed by atoms with van der Waals surface area (Å²) in [6.45, 7) is 6.86. The summed E-state index contributed by atoms with van der Waals surface area (Å²) in [5.41, 5.74) is 1.93. The second kappa shape index (κ2) is 10.3. The maximum absolute atomic E-state index is 12.5. The molecule has 0 saturated heterocycles. The van der Waals surface area contributed by atoms with Crippen LogP contribution >= 0.6 is 0 Å². The van der Waals surface area contributed by atoms with Gasteiger partial charge in [-0.15, -0.1) is 0 Å². The number of hydrogen-bond acceptors (Lipinski definition) is 6. The van der Waals surface area contributed by atoms with Gasteiger partial charge in [-0.3, -0.25) is 14.4 Å². The highest BCUT2D eigenvalue weighted by Crippen LogP contribution is 2.16. The number of carbonyl (C=O) groups excluding carboxylic acids is 3. The molecule has 1 aromatic carbocycles. The summed E-state index contributed by atoms with van der Waals surface area (Å²) in [5.74, 6) is -5.15. The zero-order valence-corrected chi connectivity index (χ0v) is 15.9. The monoisotopic (exact) mass is 379 g/mol. The highest BCUT2D eigenvalue weighted by atomic mass is 16.5. The molecule has 0 aliphatic carbocycles. The molecule has 8 heteroatoms. The van der Waals surface area contributed by atoms with Gasteiger partial charge >= 0.3 is 17.9 Å². The van der Waals surface area contributed by atoms with E-state index in [1.165, 1.54) is 0 Å². The number of carbonyl (C=O) groups is 4. The van der Waals surface area contributed by atoms with Crippen molar-refractivity contribution in [2.75, 3.05) is 13.2 Å². The van der Waals surface area contributed by atoms with E-state index in [0.717, 1.165) is 11.1 Å². The Morgan fingerprint density at radius 1 is 1.00 bits per heavy atom. The number of benzene rings is 1. The molecule has 1 amide bonds. The number of aryl methyl sites for hydroxylation is 2. The molecule has 1 rings (SSSR count). The lowest BCUT2D eigenvalue weighted by molar-refractivity contribution is -0.159. The molecule has 0 heterocycles. The number of carboxylic acid groups (broad SMARTS) is 1. The highest BCUT2D eigenvalue weighted by molar-refractivity contribution is 5.98. The van der Waals surface area contributed by atoms with E-state index in [9.17, 15) is 24.3 Å². The van der Waals surface area contributed by atoms with Crippen LogP contribution in [0.2, 0.25) is 0 Å². The van der Waals surface area contributed by atoms with E-state index in [-0.39, 0.29) is 18.8 Å². The minimum Gasteiger partial charge on any atom is -0.480 e. The van der Waals surface area contributed by atoms with Gasteiger partial charge in [-0.05, 0) is 39.8 Å². The number of hydrogen-bond donors (Lipinski definition) is 2. The molecule has 2 atom stereocenters. The first kappa shape index (κ1) is 22.1. The van der Waals surface area contributed by atoms with Crippen molar-refractivity contribution in [2.45, 2.75) is 40.2 Å². The molecular weight excluding hydrogens is 354 g/mol. The summed E-state index contributed by atoms with van der Waals surface area (Å²) in [4.78, 5) is 48.2. The van der Waals surface area contributed by atoms with Gasteiger partial charge < -0.3 is 19.9 Å². The van der Waals surface area contributed by atoms with Gasteiger partial charge in [0, 0.05) is 5.56 Å². The lowest BCUT2D eigenvalue weighted by Crippen LogP contribution is -2.49. The van der Waals surface area contributed by atoms with Crippen molar-refractivity contribution in [1.82, 2.24) is 5.32 Å². The molecule has 0 aliphatic rings. The molecule has 0 saturated carbocycles. The van der Waals surface area contributed by atoms with Gasteiger partial charge in [-0.2, -0.15) is 0 Å². The number of aliphatic carboxylic acids is 1. The van der Waals surface area contributed by atoms with E-state index in [0.29, 0.717) is 0 Å². The standard InChI is InChI=1S/C19H25NO7/c1-5-26-15(21)10-14(19(25)27-6-2)16(18(23)24)20-17(22)13-8-11(3)7-12(4)9-13/h7-9,14,16H,5-6,10H2,1-4H3,(H,20,22)(H,23,24)/t14-,16+/m0/s1. The van der Waals surface area contributed by atoms with Crippen molar-refractivity contribution in [1.29, 1.82) is 0 Å². The fourth-order valence-corrected chi connectivity index (χ4v) is 2.65. The van der Waals surface area contributed by atoms with Crippen molar-refractivity contribution in [3.05, 3.63) is 34.9 Å². The van der Waals surface area contributed by atoms with Gasteiger partial charge in [0.25, 0.3) is 5.91 Å². The number of esters is 2. The largest absolute Gasteiger partial charge is 0.480 e. The Balaban J connectivity index is 3.11. The van der Waals surface area contributed by atoms with Crippen LogP contribution in [0.4, 0.5) is 0 Å². The third-order valence-corrected chi connectivity index (χ3v) is 3.72. The van der Waals surface area contributed by atoms with Crippen LogP contribution in [0.3, 0.4) is 0 Å². The second-order valence-electron chi connectivity index (χ2n) is 6.03. The summed E-state index contributed by atoms with van der Waals surface area (Å²) in [6, 6.07) is 3.44. The first-order valence-electron chi connectivity index (χ1n) is 8.63. The van der Waals surface area contributed by atoms with Crippen molar-refractivity contribution in [3.8, 4) is 0 Å². The Morgan fingerprint density at radius 2 is 1.56 bits per heavy atom. The molecule has 1 aromatic rings. The average molecular weight is 379 g/mol. The maximum Gasteiger partial charge on any atom is 0.327 e. The Labute approximate surface area is 157 Å². The van der Waals surface area contributed by atoms with Crippen molar-refractivity contribution in [2.24, 2.45) is 5.92 Å². The summed E-state index contributed by atoms with van der Waals surface area (Å²) in [5, 5.41) is 11.9. The van der Waals surface area contributed by atoms with Gasteiger partial charge in [0.2, 0.25) is 0 Å². The summed E-state index contributed by atoms with van der Waals surface area (Å²) in [6.07, 6.45) is -0.517. The van der Waals surface area contributed by atoms with Crippen molar-refractivity contribution >= 4 is 23.8 Å². The fraction of sp³-hybridized carbons (Fsp3) is 0.474. The molecule has 0 fully saturated rings. The lowest BCUT2D eigenvalue weighted by Gasteiger charge is -2.23. The second-order valence-corrected chi connectivity index (χ2v) is 6.03. The normalized spacial score (nSPS) is 12.6. The van der Waals surface area contributed by atoms with Crippen LogP contribution in [0.15, 0.2) is 18.2 Å². The van der Waals surface area contributed by atoms with E-state index >= 15 is 0 Å². The predicted octanol–water partition coefficient (Wildman–Crippen LogP) is 1.62. The topological polar surface area (TPSA) is 119 Å². The van der Waals surface area contributed by atoms with Crippen LogP contribution in [0.25, 0.3) is 0 Å².